The van der Waals surface area contributed by atoms with Crippen molar-refractivity contribution in [1.29, 1.82) is 0 Å². The van der Waals surface area contributed by atoms with E-state index < -0.39 is 72.0 Å². The molecule has 33 heavy (non-hydrogen) atoms. The number of aliphatic hydroxyl groups excluding tert-OH is 2. The Hall–Kier alpha value is -0.390. The van der Waals surface area contributed by atoms with Crippen molar-refractivity contribution < 1.29 is 61.8 Å². The van der Waals surface area contributed by atoms with Gasteiger partial charge in [-0.3, -0.25) is 28.3 Å². The number of fused-ring (bicyclic) bond motifs is 1. The summed E-state index contributed by atoms with van der Waals surface area (Å²) in [5.41, 5.74) is 5.44. The summed E-state index contributed by atoms with van der Waals surface area (Å²) in [6.07, 6.45) is -5.16. The van der Waals surface area contributed by atoms with E-state index >= 15 is 0 Å². The summed E-state index contributed by atoms with van der Waals surface area (Å²) < 4.78 is 48.1. The number of carbonyl (C=O) groups excluding carboxylic acids is 1. The molecule has 0 spiro atoms. The molecule has 1 radical (unpaired) electrons. The molecule has 3 heterocycles. The van der Waals surface area contributed by atoms with Crippen LogP contribution in [0.15, 0.2) is 15.0 Å². The number of guanidine groups is 1. The molecule has 3 aliphatic heterocycles. The van der Waals surface area contributed by atoms with Gasteiger partial charge < -0.3 is 40.3 Å². The van der Waals surface area contributed by atoms with Gasteiger partial charge in [-0.05, 0) is 0 Å². The number of amidine groups is 1. The summed E-state index contributed by atoms with van der Waals surface area (Å²) >= 11 is 0. The van der Waals surface area contributed by atoms with Crippen molar-refractivity contribution in [3.05, 3.63) is 0 Å². The molecule has 0 aliphatic carbocycles. The van der Waals surface area contributed by atoms with Crippen molar-refractivity contribution in [3.8, 4) is 0 Å². The molecule has 3 rings (SSSR count). The molecule has 0 aromatic rings. The maximum absolute atomic E-state index is 11.9. The molecule has 8 N–H and O–H groups in total. The number of carbonyl (C=O) groups is 1. The molecule has 1 fully saturated rings. The Balaban J connectivity index is 0.00000385. The molecule has 7 unspecified atom stereocenters. The van der Waals surface area contributed by atoms with Gasteiger partial charge in [0.05, 0.1) is 12.9 Å². The summed E-state index contributed by atoms with van der Waals surface area (Å²) in [6, 6.07) is -1.13. The minimum Gasteiger partial charge on any atom is -0.387 e. The molecule has 0 aromatic carbocycles. The van der Waals surface area contributed by atoms with Gasteiger partial charge in [0, 0.05) is 29.6 Å². The Morgan fingerprint density at radius 2 is 1.76 bits per heavy atom. The largest absolute Gasteiger partial charge is 0.479 e. The van der Waals surface area contributed by atoms with E-state index in [-0.39, 0.29) is 41.4 Å². The van der Waals surface area contributed by atoms with Crippen LogP contribution in [0.1, 0.15) is 0 Å². The maximum atomic E-state index is 11.9. The molecule has 18 nitrogen and oxygen atoms in total. The second kappa shape index (κ2) is 10.3. The number of phosphoric acid groups is 1. The van der Waals surface area contributed by atoms with E-state index in [0.29, 0.717) is 0 Å². The Morgan fingerprint density at radius 3 is 2.36 bits per heavy atom. The average molecular weight is 544 g/mol. The van der Waals surface area contributed by atoms with Crippen LogP contribution in [-0.4, -0.2) is 131 Å². The Bertz CT molecular complexity index is 1030. The molecular formula is C11H18N5NaO13P3. The predicted octanol–water partition coefficient (Wildman–Crippen LogP) is -3.53. The molecule has 0 bridgehead atoms. The standard InChI is InChI=1S/C11H18N5O13P3.Na/c12-11-14-8-5(9(19)15-11)13-2-16(8)10-7(18)6(17)4(28-10)1-27-32(25,26)29-31(23,24)3-30(20,21)22;/h2,4-7,10,17-18H,1,3H2,(H,23,24)(H,25,26)(H2,12,15,19)(H2,20,21,22);. The fourth-order valence-electron chi connectivity index (χ4n) is 2.92. The van der Waals surface area contributed by atoms with Gasteiger partial charge in [0.15, 0.2) is 24.0 Å². The van der Waals surface area contributed by atoms with Crippen LogP contribution < -0.4 is 5.73 Å². The number of aliphatic imine (C=N–C) groups is 3. The third kappa shape index (κ3) is 7.07. The first-order valence-corrected chi connectivity index (χ1v) is 13.5. The van der Waals surface area contributed by atoms with Gasteiger partial charge in [-0.1, -0.05) is 0 Å². The first kappa shape index (κ1) is 28.8. The van der Waals surface area contributed by atoms with Crippen LogP contribution in [0.4, 0.5) is 0 Å². The average Bonchev–Trinajstić information content (AvgIpc) is 3.12. The first-order valence-electron chi connectivity index (χ1n) is 8.43. The molecule has 3 aliphatic rings. The van der Waals surface area contributed by atoms with Crippen LogP contribution in [0.25, 0.3) is 0 Å². The molecule has 181 valence electrons. The SMILES string of the molecule is NC1=NC(=O)C2N=CN(C3OC(COP(=O)(O)OP(=O)(O)CP(=O)(O)O)C(O)C3O)C2=N1.[Na]. The van der Waals surface area contributed by atoms with Crippen molar-refractivity contribution in [2.45, 2.75) is 30.6 Å². The Labute approximate surface area is 206 Å². The number of hydrogen-bond donors (Lipinski definition) is 7. The van der Waals surface area contributed by atoms with Crippen LogP contribution in [0, 0.1) is 0 Å². The fourth-order valence-corrected chi connectivity index (χ4v) is 7.27. The number of nitrogens with zero attached hydrogens (tertiary/aromatic N) is 4. The van der Waals surface area contributed by atoms with Crippen LogP contribution in [0.5, 0.6) is 0 Å². The number of ether oxygens (including phenoxy) is 1. The first-order chi connectivity index (χ1) is 14.6. The van der Waals surface area contributed by atoms with Gasteiger partial charge >= 0.3 is 23.0 Å². The van der Waals surface area contributed by atoms with Gasteiger partial charge in [-0.25, -0.2) is 8.88 Å². The predicted molar refractivity (Wildman–Crippen MR) is 108 cm³/mol. The van der Waals surface area contributed by atoms with Crippen LogP contribution in [0.3, 0.4) is 0 Å². The van der Waals surface area contributed by atoms with Gasteiger partial charge in [0.25, 0.3) is 5.91 Å². The van der Waals surface area contributed by atoms with Crippen LogP contribution >= 0.6 is 23.0 Å². The summed E-state index contributed by atoms with van der Waals surface area (Å²) in [7, 11) is -15.7. The van der Waals surface area contributed by atoms with Crippen molar-refractivity contribution in [2.75, 3.05) is 12.5 Å². The Morgan fingerprint density at radius 1 is 1.12 bits per heavy atom. The van der Waals surface area contributed by atoms with E-state index in [9.17, 15) is 38.5 Å². The van der Waals surface area contributed by atoms with Gasteiger partial charge in [-0.15, -0.1) is 0 Å². The van der Waals surface area contributed by atoms with Crippen molar-refractivity contribution in [1.82, 2.24) is 4.90 Å². The fraction of sp³-hybridized carbons (Fsp3) is 0.636. The topological polar surface area (TPSA) is 284 Å². The zero-order valence-electron chi connectivity index (χ0n) is 16.6. The van der Waals surface area contributed by atoms with E-state index in [1.54, 1.807) is 0 Å². The number of nitrogens with two attached hydrogens (primary N) is 1. The van der Waals surface area contributed by atoms with Gasteiger partial charge in [-0.2, -0.15) is 9.98 Å². The van der Waals surface area contributed by atoms with Gasteiger partial charge in [0.1, 0.15) is 18.3 Å². The molecule has 7 atom stereocenters. The summed E-state index contributed by atoms with van der Waals surface area (Å²) in [5.74, 6) is -2.87. The number of phosphoric ester groups is 1. The molecule has 0 aromatic heterocycles. The van der Waals surface area contributed by atoms with Crippen molar-refractivity contribution in [2.24, 2.45) is 20.7 Å². The Kier molecular flexibility index (Phi) is 9.01. The third-order valence-electron chi connectivity index (χ3n) is 4.14. The number of hydrogen-bond acceptors (Lipinski definition) is 13. The van der Waals surface area contributed by atoms with Crippen LogP contribution in [-0.2, 0) is 32.1 Å². The van der Waals surface area contributed by atoms with E-state index in [0.717, 1.165) is 11.2 Å². The molecule has 22 heteroatoms. The third-order valence-corrected chi connectivity index (χ3v) is 9.37. The smallest absolute Gasteiger partial charge is 0.387 e. The van der Waals surface area contributed by atoms with Crippen molar-refractivity contribution in [3.63, 3.8) is 0 Å². The monoisotopic (exact) mass is 544 g/mol. The van der Waals surface area contributed by atoms with E-state index in [1.807, 2.05) is 0 Å². The van der Waals surface area contributed by atoms with E-state index in [1.165, 1.54) is 0 Å². The van der Waals surface area contributed by atoms with Crippen LogP contribution in [0.2, 0.25) is 0 Å². The maximum Gasteiger partial charge on any atom is 0.479 e. The molecule has 0 saturated carbocycles. The minimum absolute atomic E-state index is 0. The number of rotatable bonds is 8. The molecular weight excluding hydrogens is 526 g/mol. The minimum atomic E-state index is -5.35. The second-order valence-corrected chi connectivity index (χ2v) is 12.3. The number of aliphatic hydroxyl groups is 2. The number of amides is 1. The van der Waals surface area contributed by atoms with Crippen molar-refractivity contribution >= 4 is 76.6 Å². The zero-order valence-corrected chi connectivity index (χ0v) is 21.3. The second-order valence-electron chi connectivity index (χ2n) is 6.69. The summed E-state index contributed by atoms with van der Waals surface area (Å²) in [5, 5.41) is 20.5. The normalized spacial score (nSPS) is 33.0. The summed E-state index contributed by atoms with van der Waals surface area (Å²) in [4.78, 5) is 60.4. The summed E-state index contributed by atoms with van der Waals surface area (Å²) in [6.45, 7) is -0.957. The van der Waals surface area contributed by atoms with E-state index in [2.05, 4.69) is 23.8 Å². The zero-order chi connectivity index (χ0) is 24.1. The molecule has 1 amide bonds. The van der Waals surface area contributed by atoms with E-state index in [4.69, 9.17) is 20.3 Å². The van der Waals surface area contributed by atoms with Gasteiger partial charge in [0.2, 0.25) is 5.96 Å². The molecule has 1 saturated heterocycles. The quantitative estimate of drug-likeness (QED) is 0.115.